The van der Waals surface area contributed by atoms with Gasteiger partial charge < -0.3 is 10.2 Å². The third-order valence-corrected chi connectivity index (χ3v) is 5.06. The first-order chi connectivity index (χ1) is 11.3. The Hall–Kier alpha value is -1.49. The number of carbonyl (C=O) groups excluding carboxylic acids is 1. The zero-order valence-corrected chi connectivity index (χ0v) is 15.2. The lowest BCUT2D eigenvalue weighted by atomic mass is 10.1. The Morgan fingerprint density at radius 2 is 1.75 bits per heavy atom. The molecule has 3 nitrogen and oxygen atoms in total. The highest BCUT2D eigenvalue weighted by molar-refractivity contribution is 7.98. The summed E-state index contributed by atoms with van der Waals surface area (Å²) in [7, 11) is 0. The van der Waals surface area contributed by atoms with Gasteiger partial charge in [0.15, 0.2) is 0 Å². The van der Waals surface area contributed by atoms with Gasteiger partial charge in [-0.2, -0.15) is 0 Å². The average Bonchev–Trinajstić information content (AvgIpc) is 2.90. The first-order valence-electron chi connectivity index (χ1n) is 8.10. The molecule has 2 aromatic carbocycles. The molecule has 24 heavy (non-hydrogen) atoms. The molecule has 1 aliphatic rings. The molecule has 3 rings (SSSR count). The standard InChI is InChI=1S/C19H22N2OS.ClH/c22-19(21-13-4-11-20-12-14-21)17-9-7-16(8-10-17)15-23-18-5-2-1-3-6-18;/h1-3,5-10,20H,4,11-15H2;1H. The fourth-order valence-electron chi connectivity index (χ4n) is 2.66. The minimum Gasteiger partial charge on any atom is -0.337 e. The number of rotatable bonds is 4. The van der Waals surface area contributed by atoms with Gasteiger partial charge in [0.2, 0.25) is 0 Å². The van der Waals surface area contributed by atoms with Crippen molar-refractivity contribution in [2.75, 3.05) is 26.2 Å². The number of nitrogens with one attached hydrogen (secondary N) is 1. The van der Waals surface area contributed by atoms with Gasteiger partial charge in [-0.25, -0.2) is 0 Å². The van der Waals surface area contributed by atoms with Gasteiger partial charge in [-0.05, 0) is 42.8 Å². The highest BCUT2D eigenvalue weighted by Gasteiger charge is 2.16. The summed E-state index contributed by atoms with van der Waals surface area (Å²) < 4.78 is 0. The minimum atomic E-state index is 0. The van der Waals surface area contributed by atoms with E-state index in [1.807, 2.05) is 34.9 Å². The maximum Gasteiger partial charge on any atom is 0.253 e. The molecule has 0 unspecified atom stereocenters. The Morgan fingerprint density at radius 3 is 2.50 bits per heavy atom. The monoisotopic (exact) mass is 362 g/mol. The fraction of sp³-hybridized carbons (Fsp3) is 0.316. The van der Waals surface area contributed by atoms with Gasteiger partial charge in [0.1, 0.15) is 0 Å². The summed E-state index contributed by atoms with van der Waals surface area (Å²) >= 11 is 1.81. The predicted octanol–water partition coefficient (Wildman–Crippen LogP) is 3.84. The van der Waals surface area contributed by atoms with Crippen LogP contribution in [-0.2, 0) is 5.75 Å². The summed E-state index contributed by atoms with van der Waals surface area (Å²) in [5, 5.41) is 3.33. The van der Waals surface area contributed by atoms with Gasteiger partial charge in [-0.15, -0.1) is 24.2 Å². The largest absolute Gasteiger partial charge is 0.337 e. The summed E-state index contributed by atoms with van der Waals surface area (Å²) in [6, 6.07) is 18.4. The molecule has 1 N–H and O–H groups in total. The maximum absolute atomic E-state index is 12.5. The fourth-order valence-corrected chi connectivity index (χ4v) is 3.53. The zero-order chi connectivity index (χ0) is 15.9. The quantitative estimate of drug-likeness (QED) is 0.839. The summed E-state index contributed by atoms with van der Waals surface area (Å²) in [4.78, 5) is 15.8. The zero-order valence-electron chi connectivity index (χ0n) is 13.6. The average molecular weight is 363 g/mol. The molecule has 5 heteroatoms. The van der Waals surface area contributed by atoms with Crippen LogP contribution in [-0.4, -0.2) is 37.0 Å². The van der Waals surface area contributed by atoms with E-state index in [1.54, 1.807) is 0 Å². The number of hydrogen-bond donors (Lipinski definition) is 1. The van der Waals surface area contributed by atoms with Gasteiger partial charge in [0.05, 0.1) is 0 Å². The van der Waals surface area contributed by atoms with E-state index < -0.39 is 0 Å². The van der Waals surface area contributed by atoms with E-state index in [0.717, 1.165) is 43.9 Å². The Balaban J connectivity index is 0.00000208. The Morgan fingerprint density at radius 1 is 1.00 bits per heavy atom. The van der Waals surface area contributed by atoms with E-state index in [9.17, 15) is 4.79 Å². The van der Waals surface area contributed by atoms with Crippen LogP contribution in [0.3, 0.4) is 0 Å². The molecule has 0 atom stereocenters. The topological polar surface area (TPSA) is 32.3 Å². The Bertz CT molecular complexity index is 626. The molecule has 1 heterocycles. The van der Waals surface area contributed by atoms with E-state index in [1.165, 1.54) is 10.5 Å². The lowest BCUT2D eigenvalue weighted by Gasteiger charge is -2.20. The number of carbonyl (C=O) groups is 1. The summed E-state index contributed by atoms with van der Waals surface area (Å²) in [5.74, 6) is 1.07. The van der Waals surface area contributed by atoms with Crippen LogP contribution in [0.2, 0.25) is 0 Å². The molecule has 1 fully saturated rings. The third kappa shape index (κ3) is 5.26. The molecule has 1 aliphatic heterocycles. The van der Waals surface area contributed by atoms with Crippen LogP contribution in [0.1, 0.15) is 22.3 Å². The molecular formula is C19H23ClN2OS. The van der Waals surface area contributed by atoms with Crippen molar-refractivity contribution in [2.24, 2.45) is 0 Å². The first kappa shape index (κ1) is 18.8. The number of thioether (sulfide) groups is 1. The second-order valence-corrected chi connectivity index (χ2v) is 6.74. The molecule has 0 saturated carbocycles. The van der Waals surface area contributed by atoms with Crippen LogP contribution < -0.4 is 5.32 Å². The van der Waals surface area contributed by atoms with Crippen molar-refractivity contribution in [3.05, 3.63) is 65.7 Å². The molecule has 0 aromatic heterocycles. The van der Waals surface area contributed by atoms with Crippen LogP contribution in [0, 0.1) is 0 Å². The van der Waals surface area contributed by atoms with E-state index in [2.05, 4.69) is 41.7 Å². The Kier molecular flexibility index (Phi) is 7.63. The minimum absolute atomic E-state index is 0. The number of nitrogens with zero attached hydrogens (tertiary/aromatic N) is 1. The van der Waals surface area contributed by atoms with Gasteiger partial charge in [0, 0.05) is 35.8 Å². The first-order valence-corrected chi connectivity index (χ1v) is 9.08. The van der Waals surface area contributed by atoms with Crippen molar-refractivity contribution in [3.63, 3.8) is 0 Å². The van der Waals surface area contributed by atoms with Crippen LogP contribution in [0.25, 0.3) is 0 Å². The molecule has 0 spiro atoms. The number of benzene rings is 2. The lowest BCUT2D eigenvalue weighted by molar-refractivity contribution is 0.0766. The van der Waals surface area contributed by atoms with Gasteiger partial charge in [-0.3, -0.25) is 4.79 Å². The Labute approximate surface area is 154 Å². The highest BCUT2D eigenvalue weighted by Crippen LogP contribution is 2.22. The summed E-state index contributed by atoms with van der Waals surface area (Å²) in [5.41, 5.74) is 2.04. The van der Waals surface area contributed by atoms with Crippen molar-refractivity contribution < 1.29 is 4.79 Å². The van der Waals surface area contributed by atoms with E-state index in [-0.39, 0.29) is 18.3 Å². The predicted molar refractivity (Wildman–Crippen MR) is 103 cm³/mol. The third-order valence-electron chi connectivity index (χ3n) is 3.98. The number of halogens is 1. The van der Waals surface area contributed by atoms with Crippen LogP contribution in [0.5, 0.6) is 0 Å². The van der Waals surface area contributed by atoms with Crippen molar-refractivity contribution in [2.45, 2.75) is 17.1 Å². The van der Waals surface area contributed by atoms with Crippen LogP contribution in [0.15, 0.2) is 59.5 Å². The molecule has 0 aliphatic carbocycles. The van der Waals surface area contributed by atoms with Gasteiger partial charge >= 0.3 is 0 Å². The summed E-state index contributed by atoms with van der Waals surface area (Å²) in [6.07, 6.45) is 1.03. The van der Waals surface area contributed by atoms with Gasteiger partial charge in [0.25, 0.3) is 5.91 Å². The molecule has 128 valence electrons. The normalized spacial score (nSPS) is 14.6. The molecule has 0 radical (unpaired) electrons. The van der Waals surface area contributed by atoms with Crippen molar-refractivity contribution in [1.29, 1.82) is 0 Å². The second kappa shape index (κ2) is 9.72. The van der Waals surface area contributed by atoms with E-state index in [0.29, 0.717) is 0 Å². The van der Waals surface area contributed by atoms with E-state index >= 15 is 0 Å². The molecule has 2 aromatic rings. The van der Waals surface area contributed by atoms with Crippen molar-refractivity contribution in [3.8, 4) is 0 Å². The smallest absolute Gasteiger partial charge is 0.253 e. The molecule has 1 saturated heterocycles. The van der Waals surface area contributed by atoms with Crippen LogP contribution >= 0.6 is 24.2 Å². The number of amides is 1. The SMILES string of the molecule is Cl.O=C(c1ccc(CSc2ccccc2)cc1)N1CCCNCC1. The van der Waals surface area contributed by atoms with Crippen LogP contribution in [0.4, 0.5) is 0 Å². The van der Waals surface area contributed by atoms with Crippen molar-refractivity contribution in [1.82, 2.24) is 10.2 Å². The summed E-state index contributed by atoms with van der Waals surface area (Å²) in [6.45, 7) is 3.53. The maximum atomic E-state index is 12.5. The molecule has 1 amide bonds. The highest BCUT2D eigenvalue weighted by atomic mass is 35.5. The van der Waals surface area contributed by atoms with Crippen molar-refractivity contribution >= 4 is 30.1 Å². The second-order valence-electron chi connectivity index (χ2n) is 5.69. The molecular weight excluding hydrogens is 340 g/mol. The van der Waals surface area contributed by atoms with E-state index in [4.69, 9.17) is 0 Å². The van der Waals surface area contributed by atoms with Gasteiger partial charge in [-0.1, -0.05) is 30.3 Å². The number of hydrogen-bond acceptors (Lipinski definition) is 3. The lowest BCUT2D eigenvalue weighted by Crippen LogP contribution is -2.34. The molecule has 0 bridgehead atoms.